The van der Waals surface area contributed by atoms with Gasteiger partial charge in [0.05, 0.1) is 0 Å². The molecule has 0 aliphatic carbocycles. The van der Waals surface area contributed by atoms with E-state index in [1.54, 1.807) is 0 Å². The molecule has 48 valence electrons. The summed E-state index contributed by atoms with van der Waals surface area (Å²) >= 11 is 6.33. The van der Waals surface area contributed by atoms with Gasteiger partial charge in [-0.15, -0.1) is 0 Å². The van der Waals surface area contributed by atoms with Gasteiger partial charge in [-0.1, -0.05) is 0 Å². The van der Waals surface area contributed by atoms with Crippen molar-refractivity contribution >= 4 is 24.4 Å². The van der Waals surface area contributed by atoms with Gasteiger partial charge < -0.3 is 0 Å². The fraction of sp³-hybridized carbons (Fsp3) is 1.00. The topological polar surface area (TPSA) is 0 Å². The predicted octanol–water partition coefficient (Wildman–Crippen LogP) is 2.06. The molecule has 1 aliphatic rings. The van der Waals surface area contributed by atoms with Crippen LogP contribution in [0.5, 0.6) is 0 Å². The lowest BCUT2D eigenvalue weighted by Crippen LogP contribution is -2.10. The van der Waals surface area contributed by atoms with Crippen LogP contribution in [0.3, 0.4) is 0 Å². The largest absolute Gasteiger partial charge is 0.179 e. The van der Waals surface area contributed by atoms with Crippen LogP contribution < -0.4 is 0 Å². The number of rotatable bonds is 1. The van der Waals surface area contributed by atoms with Crippen LogP contribution in [0.4, 0.5) is 0 Å². The molecule has 1 aliphatic heterocycles. The molecule has 1 rings (SSSR count). The maximum atomic E-state index is 4.25. The maximum absolute atomic E-state index is 4.25. The van der Waals surface area contributed by atoms with E-state index < -0.39 is 0 Å². The number of thioether (sulfide) groups is 1. The Kier molecular flexibility index (Phi) is 3.13. The second kappa shape index (κ2) is 3.67. The van der Waals surface area contributed by atoms with Crippen molar-refractivity contribution in [2.45, 2.75) is 12.8 Å². The van der Waals surface area contributed by atoms with Crippen molar-refractivity contribution in [1.29, 1.82) is 0 Å². The van der Waals surface area contributed by atoms with Crippen molar-refractivity contribution in [2.24, 2.45) is 5.92 Å². The molecule has 0 bridgehead atoms. The average molecular weight is 148 g/mol. The van der Waals surface area contributed by atoms with Crippen LogP contribution in [0.15, 0.2) is 0 Å². The van der Waals surface area contributed by atoms with Crippen LogP contribution in [0.1, 0.15) is 12.8 Å². The molecule has 0 aromatic heterocycles. The number of thiol groups is 1. The fourth-order valence-corrected chi connectivity index (χ4v) is 2.50. The van der Waals surface area contributed by atoms with Gasteiger partial charge in [0.15, 0.2) is 0 Å². The molecule has 0 nitrogen and oxygen atoms in total. The molecule has 0 atom stereocenters. The summed E-state index contributed by atoms with van der Waals surface area (Å²) in [5.74, 6) is 4.76. The highest BCUT2D eigenvalue weighted by atomic mass is 32.2. The van der Waals surface area contributed by atoms with Gasteiger partial charge in [0, 0.05) is 0 Å². The average Bonchev–Trinajstić information content (AvgIpc) is 1.90. The van der Waals surface area contributed by atoms with E-state index in [0.717, 1.165) is 11.7 Å². The molecule has 0 saturated carbocycles. The van der Waals surface area contributed by atoms with Gasteiger partial charge in [-0.05, 0) is 36.0 Å². The third-order valence-corrected chi connectivity index (χ3v) is 3.16. The van der Waals surface area contributed by atoms with Crippen molar-refractivity contribution in [3.05, 3.63) is 0 Å². The minimum atomic E-state index is 0.930. The summed E-state index contributed by atoms with van der Waals surface area (Å²) in [5, 5.41) is 0. The molecular weight excluding hydrogens is 136 g/mol. The molecule has 0 unspecified atom stereocenters. The van der Waals surface area contributed by atoms with Crippen molar-refractivity contribution in [2.75, 3.05) is 17.3 Å². The summed E-state index contributed by atoms with van der Waals surface area (Å²) in [6.45, 7) is 0. The number of hydrogen-bond acceptors (Lipinski definition) is 2. The minimum absolute atomic E-state index is 0.930. The smallest absolute Gasteiger partial charge is 0.00646 e. The molecule has 1 heterocycles. The lowest BCUT2D eigenvalue weighted by molar-refractivity contribution is 0.551. The monoisotopic (exact) mass is 148 g/mol. The molecule has 1 saturated heterocycles. The van der Waals surface area contributed by atoms with E-state index in [1.165, 1.54) is 24.3 Å². The Morgan fingerprint density at radius 1 is 1.38 bits per heavy atom. The SMILES string of the molecule is SCC1CCSCC1. The Bertz CT molecular complexity index is 57.5. The summed E-state index contributed by atoms with van der Waals surface area (Å²) in [6, 6.07) is 0. The fourth-order valence-electron chi connectivity index (χ4n) is 0.929. The normalized spacial score (nSPS) is 23.6. The van der Waals surface area contributed by atoms with Gasteiger partial charge in [-0.2, -0.15) is 24.4 Å². The van der Waals surface area contributed by atoms with Gasteiger partial charge in [0.2, 0.25) is 0 Å². The van der Waals surface area contributed by atoms with E-state index >= 15 is 0 Å². The molecule has 0 amide bonds. The quantitative estimate of drug-likeness (QED) is 0.555. The predicted molar refractivity (Wildman–Crippen MR) is 43.9 cm³/mol. The lowest BCUT2D eigenvalue weighted by atomic mass is 10.1. The van der Waals surface area contributed by atoms with Crippen LogP contribution in [0.25, 0.3) is 0 Å². The highest BCUT2D eigenvalue weighted by Crippen LogP contribution is 2.22. The first-order chi connectivity index (χ1) is 3.93. The van der Waals surface area contributed by atoms with Crippen LogP contribution in [-0.2, 0) is 0 Å². The van der Waals surface area contributed by atoms with E-state index in [2.05, 4.69) is 24.4 Å². The third kappa shape index (κ3) is 1.90. The van der Waals surface area contributed by atoms with E-state index in [9.17, 15) is 0 Å². The van der Waals surface area contributed by atoms with Crippen LogP contribution in [0.2, 0.25) is 0 Å². The molecule has 0 spiro atoms. The standard InChI is InChI=1S/C6H12S2/c7-5-6-1-3-8-4-2-6/h6-7H,1-5H2. The van der Waals surface area contributed by atoms with Gasteiger partial charge in [-0.3, -0.25) is 0 Å². The highest BCUT2D eigenvalue weighted by molar-refractivity contribution is 7.99. The zero-order valence-electron chi connectivity index (χ0n) is 4.97. The Morgan fingerprint density at radius 3 is 2.38 bits per heavy atom. The number of hydrogen-bond donors (Lipinski definition) is 1. The third-order valence-electron chi connectivity index (χ3n) is 1.60. The molecule has 0 N–H and O–H groups in total. The summed E-state index contributed by atoms with van der Waals surface area (Å²) in [7, 11) is 0. The van der Waals surface area contributed by atoms with Crippen LogP contribution >= 0.6 is 24.4 Å². The van der Waals surface area contributed by atoms with E-state index in [0.29, 0.717) is 0 Å². The Morgan fingerprint density at radius 2 is 2.00 bits per heavy atom. The molecule has 0 radical (unpaired) electrons. The molecule has 1 fully saturated rings. The lowest BCUT2D eigenvalue weighted by Gasteiger charge is -2.18. The Hall–Kier alpha value is 0.700. The molecule has 8 heavy (non-hydrogen) atoms. The Labute approximate surface area is 60.8 Å². The molecular formula is C6H12S2. The second-order valence-corrected chi connectivity index (χ2v) is 3.83. The molecule has 0 aromatic carbocycles. The van der Waals surface area contributed by atoms with Gasteiger partial charge >= 0.3 is 0 Å². The van der Waals surface area contributed by atoms with Crippen molar-refractivity contribution in [1.82, 2.24) is 0 Å². The second-order valence-electron chi connectivity index (χ2n) is 2.24. The van der Waals surface area contributed by atoms with E-state index in [1.807, 2.05) is 0 Å². The summed E-state index contributed by atoms with van der Waals surface area (Å²) < 4.78 is 0. The first kappa shape index (κ1) is 6.81. The maximum Gasteiger partial charge on any atom is -0.00646 e. The van der Waals surface area contributed by atoms with Crippen molar-refractivity contribution in [3.8, 4) is 0 Å². The molecule has 0 aromatic rings. The van der Waals surface area contributed by atoms with Crippen LogP contribution in [-0.4, -0.2) is 17.3 Å². The summed E-state index contributed by atoms with van der Waals surface area (Å²) in [5.41, 5.74) is 0. The van der Waals surface area contributed by atoms with Gasteiger partial charge in [-0.25, -0.2) is 0 Å². The van der Waals surface area contributed by atoms with Crippen molar-refractivity contribution in [3.63, 3.8) is 0 Å². The highest BCUT2D eigenvalue weighted by Gasteiger charge is 2.10. The van der Waals surface area contributed by atoms with Gasteiger partial charge in [0.1, 0.15) is 0 Å². The van der Waals surface area contributed by atoms with E-state index in [4.69, 9.17) is 0 Å². The first-order valence-electron chi connectivity index (χ1n) is 3.12. The molecule has 2 heteroatoms. The minimum Gasteiger partial charge on any atom is -0.179 e. The zero-order valence-corrected chi connectivity index (χ0v) is 6.68. The zero-order chi connectivity index (χ0) is 5.82. The Balaban J connectivity index is 2.13. The summed E-state index contributed by atoms with van der Waals surface area (Å²) in [6.07, 6.45) is 2.79. The first-order valence-corrected chi connectivity index (χ1v) is 4.91. The van der Waals surface area contributed by atoms with Crippen molar-refractivity contribution < 1.29 is 0 Å². The van der Waals surface area contributed by atoms with Crippen LogP contribution in [0, 0.1) is 5.92 Å². The van der Waals surface area contributed by atoms with Gasteiger partial charge in [0.25, 0.3) is 0 Å². The summed E-state index contributed by atoms with van der Waals surface area (Å²) in [4.78, 5) is 0. The van der Waals surface area contributed by atoms with E-state index in [-0.39, 0.29) is 0 Å².